The lowest BCUT2D eigenvalue weighted by Crippen LogP contribution is -2.36. The van der Waals surface area contributed by atoms with Gasteiger partial charge in [-0.15, -0.1) is 11.6 Å². The predicted octanol–water partition coefficient (Wildman–Crippen LogP) is 3.04. The number of nitrogens with zero attached hydrogens (tertiary/aromatic N) is 1. The molecule has 14 heavy (non-hydrogen) atoms. The summed E-state index contributed by atoms with van der Waals surface area (Å²) in [6, 6.07) is 0.401. The third-order valence-electron chi connectivity index (χ3n) is 2.66. The molecule has 0 aromatic heterocycles. The predicted molar refractivity (Wildman–Crippen MR) is 61.7 cm³/mol. The topological polar surface area (TPSA) is 20.3 Å². The van der Waals surface area contributed by atoms with E-state index in [0.29, 0.717) is 18.3 Å². The highest BCUT2D eigenvalue weighted by Gasteiger charge is 2.15. The summed E-state index contributed by atoms with van der Waals surface area (Å²) >= 11 is 5.56. The fraction of sp³-hybridized carbons (Fsp3) is 0.909. The average Bonchev–Trinajstić information content (AvgIpc) is 2.19. The minimum atomic E-state index is 0.254. The van der Waals surface area contributed by atoms with Crippen LogP contribution in [0.25, 0.3) is 0 Å². The Hall–Kier alpha value is -0.240. The second kappa shape index (κ2) is 8.10. The number of amides is 1. The smallest absolute Gasteiger partial charge is 0.222 e. The van der Waals surface area contributed by atoms with Crippen molar-refractivity contribution in [3.63, 3.8) is 0 Å². The number of carbonyl (C=O) groups excluding carboxylic acids is 1. The van der Waals surface area contributed by atoms with Crippen LogP contribution < -0.4 is 0 Å². The van der Waals surface area contributed by atoms with Crippen LogP contribution in [0.2, 0.25) is 0 Å². The molecule has 0 aliphatic carbocycles. The van der Waals surface area contributed by atoms with Gasteiger partial charge >= 0.3 is 0 Å². The van der Waals surface area contributed by atoms with Crippen molar-refractivity contribution in [3.8, 4) is 0 Å². The van der Waals surface area contributed by atoms with E-state index in [1.807, 2.05) is 11.9 Å². The van der Waals surface area contributed by atoms with E-state index in [0.717, 1.165) is 25.7 Å². The molecule has 0 aromatic rings. The zero-order valence-corrected chi connectivity index (χ0v) is 10.3. The number of alkyl halides is 1. The van der Waals surface area contributed by atoms with E-state index < -0.39 is 0 Å². The lowest BCUT2D eigenvalue weighted by molar-refractivity contribution is -0.132. The highest BCUT2D eigenvalue weighted by Crippen LogP contribution is 2.09. The molecule has 84 valence electrons. The van der Waals surface area contributed by atoms with Gasteiger partial charge in [-0.25, -0.2) is 0 Å². The molecule has 0 aliphatic heterocycles. The number of rotatable bonds is 7. The maximum atomic E-state index is 11.7. The van der Waals surface area contributed by atoms with Gasteiger partial charge < -0.3 is 4.90 Å². The highest BCUT2D eigenvalue weighted by atomic mass is 35.5. The van der Waals surface area contributed by atoms with Crippen molar-refractivity contribution >= 4 is 17.5 Å². The summed E-state index contributed by atoms with van der Waals surface area (Å²) < 4.78 is 0. The second-order valence-corrected chi connectivity index (χ2v) is 4.00. The van der Waals surface area contributed by atoms with Crippen molar-refractivity contribution in [1.29, 1.82) is 0 Å². The van der Waals surface area contributed by atoms with E-state index in [1.165, 1.54) is 0 Å². The van der Waals surface area contributed by atoms with E-state index in [1.54, 1.807) is 0 Å². The Bertz CT molecular complexity index is 157. The summed E-state index contributed by atoms with van der Waals surface area (Å²) in [5, 5.41) is 0. The maximum Gasteiger partial charge on any atom is 0.222 e. The Morgan fingerprint density at radius 3 is 2.29 bits per heavy atom. The lowest BCUT2D eigenvalue weighted by Gasteiger charge is -2.26. The van der Waals surface area contributed by atoms with Crippen molar-refractivity contribution < 1.29 is 4.79 Å². The molecule has 0 aromatic carbocycles. The third kappa shape index (κ3) is 4.85. The van der Waals surface area contributed by atoms with E-state index in [-0.39, 0.29) is 5.91 Å². The van der Waals surface area contributed by atoms with Gasteiger partial charge in [-0.3, -0.25) is 4.79 Å². The summed E-state index contributed by atoms with van der Waals surface area (Å²) in [7, 11) is 1.90. The molecule has 0 atom stereocenters. The van der Waals surface area contributed by atoms with Crippen molar-refractivity contribution in [2.75, 3.05) is 12.9 Å². The molecule has 0 heterocycles. The summed E-state index contributed by atoms with van der Waals surface area (Å²) in [5.41, 5.74) is 0. The van der Waals surface area contributed by atoms with E-state index >= 15 is 0 Å². The van der Waals surface area contributed by atoms with Gasteiger partial charge in [0, 0.05) is 25.4 Å². The Balaban J connectivity index is 3.84. The molecule has 0 saturated carbocycles. The first-order chi connectivity index (χ1) is 6.67. The Morgan fingerprint density at radius 2 is 1.86 bits per heavy atom. The first-order valence-electron chi connectivity index (χ1n) is 5.48. The Morgan fingerprint density at radius 1 is 1.29 bits per heavy atom. The van der Waals surface area contributed by atoms with E-state index in [4.69, 9.17) is 11.6 Å². The molecule has 0 rings (SSSR count). The number of carbonyl (C=O) groups is 1. The molecule has 0 saturated heterocycles. The van der Waals surface area contributed by atoms with Gasteiger partial charge in [0.1, 0.15) is 0 Å². The number of hydrogen-bond acceptors (Lipinski definition) is 1. The molecule has 0 fully saturated rings. The number of halogens is 1. The maximum absolute atomic E-state index is 11.7. The zero-order valence-electron chi connectivity index (χ0n) is 9.55. The van der Waals surface area contributed by atoms with Gasteiger partial charge in [0.15, 0.2) is 0 Å². The van der Waals surface area contributed by atoms with Crippen molar-refractivity contribution in [2.45, 2.75) is 52.0 Å². The van der Waals surface area contributed by atoms with Crippen molar-refractivity contribution in [3.05, 3.63) is 0 Å². The molecule has 0 N–H and O–H groups in total. The average molecular weight is 220 g/mol. The first kappa shape index (κ1) is 13.8. The molecule has 3 heteroatoms. The van der Waals surface area contributed by atoms with Crippen molar-refractivity contribution in [2.24, 2.45) is 0 Å². The number of unbranched alkanes of at least 4 members (excludes halogenated alkanes) is 1. The van der Waals surface area contributed by atoms with Crippen LogP contribution in [0, 0.1) is 0 Å². The quantitative estimate of drug-likeness (QED) is 0.476. The highest BCUT2D eigenvalue weighted by molar-refractivity contribution is 6.17. The number of hydrogen-bond donors (Lipinski definition) is 0. The molecule has 0 spiro atoms. The van der Waals surface area contributed by atoms with Crippen LogP contribution in [0.4, 0.5) is 0 Å². The van der Waals surface area contributed by atoms with E-state index in [2.05, 4.69) is 13.8 Å². The Labute approximate surface area is 92.6 Å². The first-order valence-corrected chi connectivity index (χ1v) is 6.02. The molecule has 1 amide bonds. The molecule has 2 nitrogen and oxygen atoms in total. The second-order valence-electron chi connectivity index (χ2n) is 3.62. The standard InChI is InChI=1S/C11H22ClNO/c1-4-10(5-2)13(3)11(14)8-6-7-9-12/h10H,4-9H2,1-3H3. The summed E-state index contributed by atoms with van der Waals surface area (Å²) in [5.74, 6) is 0.908. The van der Waals surface area contributed by atoms with Crippen LogP contribution in [0.1, 0.15) is 46.0 Å². The third-order valence-corrected chi connectivity index (χ3v) is 2.93. The molecular weight excluding hydrogens is 198 g/mol. The summed E-state index contributed by atoms with van der Waals surface area (Å²) in [4.78, 5) is 13.5. The minimum absolute atomic E-state index is 0.254. The minimum Gasteiger partial charge on any atom is -0.343 e. The largest absolute Gasteiger partial charge is 0.343 e. The molecule has 0 bridgehead atoms. The molecular formula is C11H22ClNO. The van der Waals surface area contributed by atoms with Gasteiger partial charge in [-0.05, 0) is 25.7 Å². The van der Waals surface area contributed by atoms with Crippen LogP contribution in [0.15, 0.2) is 0 Å². The van der Waals surface area contributed by atoms with E-state index in [9.17, 15) is 4.79 Å². The van der Waals surface area contributed by atoms with Crippen LogP contribution in [0.3, 0.4) is 0 Å². The molecule has 0 unspecified atom stereocenters. The SMILES string of the molecule is CCC(CC)N(C)C(=O)CCCCCl. The van der Waals surface area contributed by atoms with Crippen LogP contribution in [0.5, 0.6) is 0 Å². The fourth-order valence-corrected chi connectivity index (χ4v) is 1.78. The fourth-order valence-electron chi connectivity index (χ4n) is 1.59. The van der Waals surface area contributed by atoms with Gasteiger partial charge in [0.05, 0.1) is 0 Å². The zero-order chi connectivity index (χ0) is 11.0. The van der Waals surface area contributed by atoms with Gasteiger partial charge in [-0.2, -0.15) is 0 Å². The Kier molecular flexibility index (Phi) is 7.96. The summed E-state index contributed by atoms with van der Waals surface area (Å²) in [6.45, 7) is 4.24. The van der Waals surface area contributed by atoms with Crippen LogP contribution in [-0.2, 0) is 4.79 Å². The lowest BCUT2D eigenvalue weighted by atomic mass is 10.1. The molecule has 0 aliphatic rings. The molecule has 0 radical (unpaired) electrons. The summed E-state index contributed by atoms with van der Waals surface area (Å²) in [6.07, 6.45) is 4.55. The van der Waals surface area contributed by atoms with Gasteiger partial charge in [-0.1, -0.05) is 13.8 Å². The monoisotopic (exact) mass is 219 g/mol. The normalized spacial score (nSPS) is 10.6. The van der Waals surface area contributed by atoms with Gasteiger partial charge in [0.2, 0.25) is 5.91 Å². The van der Waals surface area contributed by atoms with Crippen LogP contribution in [-0.4, -0.2) is 29.8 Å². The van der Waals surface area contributed by atoms with Crippen molar-refractivity contribution in [1.82, 2.24) is 4.90 Å². The van der Waals surface area contributed by atoms with Crippen LogP contribution >= 0.6 is 11.6 Å². The van der Waals surface area contributed by atoms with Gasteiger partial charge in [0.25, 0.3) is 0 Å².